The van der Waals surface area contributed by atoms with Crippen LogP contribution in [0.25, 0.3) is 0 Å². The molecule has 0 amide bonds. The second kappa shape index (κ2) is 13.5. The minimum atomic E-state index is -0.227. The van der Waals surface area contributed by atoms with E-state index in [1.807, 2.05) is 0 Å². The summed E-state index contributed by atoms with van der Waals surface area (Å²) in [5, 5.41) is 0. The molecule has 186 valence electrons. The zero-order valence-corrected chi connectivity index (χ0v) is 25.1. The fourth-order valence-corrected chi connectivity index (χ4v) is 6.45. The van der Waals surface area contributed by atoms with E-state index >= 15 is 0 Å². The smallest absolute Gasteiger partial charge is 1.00 e. The van der Waals surface area contributed by atoms with Gasteiger partial charge in [-0.2, -0.15) is 5.92 Å². The molecule has 0 aromatic heterocycles. The van der Waals surface area contributed by atoms with Gasteiger partial charge in [0.15, 0.2) is 0 Å². The zero-order valence-electron chi connectivity index (χ0n) is 21.3. The van der Waals surface area contributed by atoms with E-state index < -0.39 is 0 Å². The summed E-state index contributed by atoms with van der Waals surface area (Å²) in [5.41, 5.74) is 7.94. The fourth-order valence-electron chi connectivity index (χ4n) is 6.45. The predicted octanol–water partition coefficient (Wildman–Crippen LogP) is -1.22. The molecule has 0 N–H and O–H groups in total. The first-order valence-electron chi connectivity index (χ1n) is 11.9. The molecule has 1 saturated carbocycles. The second-order valence-corrected chi connectivity index (χ2v) is 9.92. The van der Waals surface area contributed by atoms with E-state index in [0.717, 1.165) is 0 Å². The van der Waals surface area contributed by atoms with Crippen LogP contribution in [-0.4, -0.2) is 0 Å². The van der Waals surface area contributed by atoms with Crippen LogP contribution in [0.15, 0.2) is 97.1 Å². The Bertz CT molecular complexity index is 1090. The third-order valence-corrected chi connectivity index (χ3v) is 7.65. The van der Waals surface area contributed by atoms with Crippen molar-refractivity contribution in [2.24, 2.45) is 23.7 Å². The van der Waals surface area contributed by atoms with E-state index in [1.54, 1.807) is 0 Å². The molecule has 0 saturated heterocycles. The first-order chi connectivity index (χ1) is 15.5. The van der Waals surface area contributed by atoms with Crippen molar-refractivity contribution < 1.29 is 58.9 Å². The molecule has 2 aliphatic carbocycles. The number of hydrogen-bond donors (Lipinski definition) is 0. The first kappa shape index (κ1) is 32.8. The topological polar surface area (TPSA) is 0 Å². The third-order valence-electron chi connectivity index (χ3n) is 7.65. The molecule has 0 spiro atoms. The molecule has 5 rings (SSSR count). The summed E-state index contributed by atoms with van der Waals surface area (Å²) in [6.07, 6.45) is 11.9. The van der Waals surface area contributed by atoms with Crippen molar-refractivity contribution in [3.05, 3.63) is 137 Å². The Kier molecular flexibility index (Phi) is 12.3. The molecule has 4 atom stereocenters. The fraction of sp³-hybridized carbons (Fsp3) is 0.281. The Labute approximate surface area is 251 Å². The van der Waals surface area contributed by atoms with Crippen molar-refractivity contribution in [3.63, 3.8) is 0 Å². The number of allylic oxidation sites excluding steroid dienone is 4. The first-order valence-corrected chi connectivity index (χ1v) is 11.9. The Morgan fingerprint density at radius 1 is 0.639 bits per heavy atom. The molecule has 2 aliphatic rings. The van der Waals surface area contributed by atoms with E-state index in [0.29, 0.717) is 23.7 Å². The van der Waals surface area contributed by atoms with Crippen LogP contribution < -0.4 is 37.2 Å². The van der Waals surface area contributed by atoms with Gasteiger partial charge in [-0.3, -0.25) is 0 Å². The van der Waals surface area contributed by atoms with E-state index in [4.69, 9.17) is 0 Å². The van der Waals surface area contributed by atoms with Crippen molar-refractivity contribution in [3.8, 4) is 0 Å². The maximum Gasteiger partial charge on any atom is 4.00 e. The van der Waals surface area contributed by atoms with Gasteiger partial charge in [0, 0.05) is 5.41 Å². The summed E-state index contributed by atoms with van der Waals surface area (Å²) in [6.45, 7) is 9.09. The molecule has 4 heteroatoms. The molecular formula is C32H33Cl3Ti. The van der Waals surface area contributed by atoms with Gasteiger partial charge in [-0.05, 0) is 49.3 Å². The molecule has 3 aromatic carbocycles. The van der Waals surface area contributed by atoms with Gasteiger partial charge in [-0.25, -0.2) is 0 Å². The van der Waals surface area contributed by atoms with E-state index in [2.05, 4.69) is 131 Å². The number of fused-ring (bicyclic) bond motifs is 1. The summed E-state index contributed by atoms with van der Waals surface area (Å²) < 4.78 is 0. The quantitative estimate of drug-likeness (QED) is 0.210. The van der Waals surface area contributed by atoms with Crippen LogP contribution in [-0.2, 0) is 27.1 Å². The molecule has 0 heterocycles. The second-order valence-electron chi connectivity index (χ2n) is 9.92. The van der Waals surface area contributed by atoms with Gasteiger partial charge in [0.25, 0.3) is 0 Å². The van der Waals surface area contributed by atoms with Gasteiger partial charge in [-0.1, -0.05) is 115 Å². The summed E-state index contributed by atoms with van der Waals surface area (Å²) in [7, 11) is 0. The minimum absolute atomic E-state index is 0. The molecule has 4 unspecified atom stereocenters. The Morgan fingerprint density at radius 3 is 1.47 bits per heavy atom. The Hall–Kier alpha value is -1.28. The molecule has 36 heavy (non-hydrogen) atoms. The van der Waals surface area contributed by atoms with Crippen LogP contribution in [0.2, 0.25) is 0 Å². The maximum atomic E-state index is 2.59. The summed E-state index contributed by atoms with van der Waals surface area (Å²) >= 11 is 0. The van der Waals surface area contributed by atoms with Crippen molar-refractivity contribution in [1.29, 1.82) is 0 Å². The van der Waals surface area contributed by atoms with Gasteiger partial charge < -0.3 is 43.6 Å². The molecule has 0 radical (unpaired) electrons. The Morgan fingerprint density at radius 2 is 1.06 bits per heavy atom. The maximum absolute atomic E-state index is 2.59. The Balaban J connectivity index is 0.00000162. The van der Waals surface area contributed by atoms with Gasteiger partial charge in [-0.15, -0.1) is 12.0 Å². The number of aryl methyl sites for hydroxylation is 3. The molecular weight excluding hydrogens is 539 g/mol. The molecule has 0 bridgehead atoms. The predicted molar refractivity (Wildman–Crippen MR) is 136 cm³/mol. The van der Waals surface area contributed by atoms with Crippen LogP contribution in [0.5, 0.6) is 0 Å². The monoisotopic (exact) mass is 570 g/mol. The summed E-state index contributed by atoms with van der Waals surface area (Å²) in [6, 6.07) is 27.7. The molecule has 0 aliphatic heterocycles. The number of benzene rings is 3. The zero-order chi connectivity index (χ0) is 22.3. The molecule has 3 aromatic rings. The van der Waals surface area contributed by atoms with Gasteiger partial charge in [0.1, 0.15) is 0 Å². The number of halogens is 3. The summed E-state index contributed by atoms with van der Waals surface area (Å²) in [5.74, 6) is 1.90. The van der Waals surface area contributed by atoms with Gasteiger partial charge in [0.05, 0.1) is 0 Å². The third kappa shape index (κ3) is 5.74. The average Bonchev–Trinajstić information content (AvgIpc) is 3.11. The molecule has 1 fully saturated rings. The van der Waals surface area contributed by atoms with Crippen LogP contribution in [0, 0.1) is 50.9 Å². The number of hydrogen-bond acceptors (Lipinski definition) is 0. The minimum Gasteiger partial charge on any atom is -1.00 e. The summed E-state index contributed by atoms with van der Waals surface area (Å²) in [4.78, 5) is 0. The van der Waals surface area contributed by atoms with E-state index in [-0.39, 0.29) is 64.4 Å². The number of rotatable bonds is 4. The van der Waals surface area contributed by atoms with Crippen LogP contribution in [0.4, 0.5) is 0 Å². The SMILES string of the molecule is Cc1cccc(C(c2cccc(C)c2)(c2cccc(C)c2)C2C(C)[CH-]C3C=CC=CC32)c1.[Cl-].[Cl-].[Cl-].[Ti+4]. The van der Waals surface area contributed by atoms with Crippen LogP contribution in [0.1, 0.15) is 40.3 Å². The molecule has 0 nitrogen and oxygen atoms in total. The van der Waals surface area contributed by atoms with Crippen molar-refractivity contribution in [2.75, 3.05) is 0 Å². The van der Waals surface area contributed by atoms with Gasteiger partial charge in [0.2, 0.25) is 0 Å². The average molecular weight is 572 g/mol. The standard InChI is InChI=1S/C32H33.3ClH.Ti/c1-22-10-7-14-27(18-22)32(28-15-8-11-23(2)19-28,29-16-9-12-24(3)20-29)31-25(4)21-26-13-5-6-17-30(26)31;;;;/h5-21,25-26,30-31H,1-4H3;3*1H;/q-1;;;;+4/p-3. The van der Waals surface area contributed by atoms with Gasteiger partial charge >= 0.3 is 21.7 Å². The van der Waals surface area contributed by atoms with Crippen molar-refractivity contribution >= 4 is 0 Å². The largest absolute Gasteiger partial charge is 4.00 e. The van der Waals surface area contributed by atoms with E-state index in [1.165, 1.54) is 33.4 Å². The van der Waals surface area contributed by atoms with Crippen molar-refractivity contribution in [1.82, 2.24) is 0 Å². The normalized spacial score (nSPS) is 21.8. The van der Waals surface area contributed by atoms with E-state index in [9.17, 15) is 0 Å². The van der Waals surface area contributed by atoms with Crippen molar-refractivity contribution in [2.45, 2.75) is 33.1 Å². The van der Waals surface area contributed by atoms with Crippen LogP contribution in [0.3, 0.4) is 0 Å². The van der Waals surface area contributed by atoms with Crippen LogP contribution >= 0.6 is 0 Å².